The highest BCUT2D eigenvalue weighted by atomic mass is 16.5. The lowest BCUT2D eigenvalue weighted by molar-refractivity contribution is -0.145. The number of aliphatic hydroxyl groups excluding tert-OH is 1. The highest BCUT2D eigenvalue weighted by Gasteiger charge is 2.36. The summed E-state index contributed by atoms with van der Waals surface area (Å²) >= 11 is 0. The van der Waals surface area contributed by atoms with Crippen molar-refractivity contribution in [2.24, 2.45) is 5.92 Å². The van der Waals surface area contributed by atoms with Crippen LogP contribution in [0, 0.1) is 5.92 Å². The second-order valence-corrected chi connectivity index (χ2v) is 3.22. The molecule has 64 valence electrons. The molecule has 0 amide bonds. The first-order valence-electron chi connectivity index (χ1n) is 3.95. The fourth-order valence-electron chi connectivity index (χ4n) is 1.24. The van der Waals surface area contributed by atoms with E-state index in [0.717, 1.165) is 12.8 Å². The minimum absolute atomic E-state index is 0.0466. The maximum absolute atomic E-state index is 10.5. The maximum Gasteiger partial charge on any atom is 0.302 e. The van der Waals surface area contributed by atoms with Gasteiger partial charge < -0.3 is 9.84 Å². The van der Waals surface area contributed by atoms with Gasteiger partial charge in [-0.2, -0.15) is 0 Å². The number of hydrogen-bond acceptors (Lipinski definition) is 3. The third-order valence-corrected chi connectivity index (χ3v) is 1.89. The van der Waals surface area contributed by atoms with Crippen molar-refractivity contribution in [2.45, 2.75) is 38.9 Å². The largest absolute Gasteiger partial charge is 0.463 e. The molecule has 0 aliphatic heterocycles. The molecule has 3 heteroatoms. The average molecular weight is 158 g/mol. The molecule has 0 heterocycles. The van der Waals surface area contributed by atoms with Gasteiger partial charge in [-0.05, 0) is 25.7 Å². The summed E-state index contributed by atoms with van der Waals surface area (Å²) in [4.78, 5) is 10.5. The van der Waals surface area contributed by atoms with Crippen molar-refractivity contribution < 1.29 is 14.6 Å². The van der Waals surface area contributed by atoms with Crippen LogP contribution in [0.15, 0.2) is 0 Å². The zero-order valence-electron chi connectivity index (χ0n) is 6.91. The quantitative estimate of drug-likeness (QED) is 0.615. The number of rotatable bonds is 3. The molecule has 3 nitrogen and oxygen atoms in total. The molecule has 0 spiro atoms. The predicted molar refractivity (Wildman–Crippen MR) is 40.0 cm³/mol. The molecule has 1 saturated carbocycles. The standard InChI is InChI=1S/C8H14O3/c1-5(11-6(2)9)3-7-4-8(7)10/h5,7-8,10H,3-4H2,1-2H3. The zero-order valence-corrected chi connectivity index (χ0v) is 6.91. The van der Waals surface area contributed by atoms with Gasteiger partial charge in [-0.15, -0.1) is 0 Å². The van der Waals surface area contributed by atoms with Crippen LogP contribution in [0.1, 0.15) is 26.7 Å². The Hall–Kier alpha value is -0.570. The van der Waals surface area contributed by atoms with Crippen LogP contribution in [0.5, 0.6) is 0 Å². The van der Waals surface area contributed by atoms with Gasteiger partial charge >= 0.3 is 5.97 Å². The van der Waals surface area contributed by atoms with Crippen LogP contribution in [0.2, 0.25) is 0 Å². The number of hydrogen-bond donors (Lipinski definition) is 1. The molecule has 3 unspecified atom stereocenters. The first kappa shape index (κ1) is 8.53. The molecule has 1 N–H and O–H groups in total. The molecule has 3 atom stereocenters. The van der Waals surface area contributed by atoms with E-state index < -0.39 is 0 Å². The van der Waals surface area contributed by atoms with E-state index in [0.29, 0.717) is 5.92 Å². The molecule has 0 saturated heterocycles. The third-order valence-electron chi connectivity index (χ3n) is 1.89. The number of ether oxygens (including phenoxy) is 1. The van der Waals surface area contributed by atoms with Crippen molar-refractivity contribution in [1.82, 2.24) is 0 Å². The number of carbonyl (C=O) groups is 1. The van der Waals surface area contributed by atoms with Gasteiger partial charge in [-0.1, -0.05) is 0 Å². The first-order valence-corrected chi connectivity index (χ1v) is 3.95. The van der Waals surface area contributed by atoms with Gasteiger partial charge in [0.2, 0.25) is 0 Å². The second kappa shape index (κ2) is 3.22. The van der Waals surface area contributed by atoms with Gasteiger partial charge in [0.05, 0.1) is 12.2 Å². The lowest BCUT2D eigenvalue weighted by Gasteiger charge is -2.09. The maximum atomic E-state index is 10.5. The Labute approximate surface area is 66.4 Å². The van der Waals surface area contributed by atoms with Gasteiger partial charge in [-0.25, -0.2) is 0 Å². The van der Waals surface area contributed by atoms with Crippen molar-refractivity contribution in [2.75, 3.05) is 0 Å². The lowest BCUT2D eigenvalue weighted by atomic mass is 10.2. The van der Waals surface area contributed by atoms with Crippen molar-refractivity contribution >= 4 is 5.97 Å². The molecular formula is C8H14O3. The molecular weight excluding hydrogens is 144 g/mol. The van der Waals surface area contributed by atoms with Crippen molar-refractivity contribution in [1.29, 1.82) is 0 Å². The van der Waals surface area contributed by atoms with Crippen LogP contribution in [0.4, 0.5) is 0 Å². The normalized spacial score (nSPS) is 31.2. The third kappa shape index (κ3) is 2.89. The Morgan fingerprint density at radius 2 is 2.36 bits per heavy atom. The molecule has 0 aromatic carbocycles. The Bertz CT molecular complexity index is 155. The van der Waals surface area contributed by atoms with Gasteiger partial charge in [0.15, 0.2) is 0 Å². The van der Waals surface area contributed by atoms with E-state index >= 15 is 0 Å². The monoisotopic (exact) mass is 158 g/mol. The van der Waals surface area contributed by atoms with Gasteiger partial charge in [0, 0.05) is 6.92 Å². The molecule has 1 fully saturated rings. The molecule has 1 aliphatic rings. The van der Waals surface area contributed by atoms with Crippen LogP contribution in [-0.2, 0) is 9.53 Å². The number of aliphatic hydroxyl groups is 1. The Morgan fingerprint density at radius 3 is 2.73 bits per heavy atom. The van der Waals surface area contributed by atoms with Crippen molar-refractivity contribution in [3.63, 3.8) is 0 Å². The first-order chi connectivity index (χ1) is 5.09. The van der Waals surface area contributed by atoms with Crippen LogP contribution in [-0.4, -0.2) is 23.3 Å². The van der Waals surface area contributed by atoms with Gasteiger partial charge in [0.25, 0.3) is 0 Å². The van der Waals surface area contributed by atoms with Crippen LogP contribution < -0.4 is 0 Å². The zero-order chi connectivity index (χ0) is 8.43. The molecule has 0 bridgehead atoms. The summed E-state index contributed by atoms with van der Waals surface area (Å²) < 4.78 is 4.90. The summed E-state index contributed by atoms with van der Waals surface area (Å²) in [6.07, 6.45) is 1.47. The van der Waals surface area contributed by atoms with E-state index in [-0.39, 0.29) is 18.2 Å². The molecule has 11 heavy (non-hydrogen) atoms. The van der Waals surface area contributed by atoms with Gasteiger partial charge in [-0.3, -0.25) is 4.79 Å². The second-order valence-electron chi connectivity index (χ2n) is 3.22. The fourth-order valence-corrected chi connectivity index (χ4v) is 1.24. The van der Waals surface area contributed by atoms with Crippen molar-refractivity contribution in [3.05, 3.63) is 0 Å². The minimum atomic E-state index is -0.243. The fraction of sp³-hybridized carbons (Fsp3) is 0.875. The van der Waals surface area contributed by atoms with Crippen LogP contribution in [0.25, 0.3) is 0 Å². The average Bonchev–Trinajstić information content (AvgIpc) is 2.43. The number of carbonyl (C=O) groups excluding carboxylic acids is 1. The van der Waals surface area contributed by atoms with Crippen molar-refractivity contribution in [3.8, 4) is 0 Å². The summed E-state index contributed by atoms with van der Waals surface area (Å²) in [5, 5.41) is 8.97. The van der Waals surface area contributed by atoms with E-state index in [1.54, 1.807) is 0 Å². The highest BCUT2D eigenvalue weighted by molar-refractivity contribution is 5.66. The topological polar surface area (TPSA) is 46.5 Å². The molecule has 0 radical (unpaired) electrons. The van der Waals surface area contributed by atoms with Crippen LogP contribution in [0.3, 0.4) is 0 Å². The Balaban J connectivity index is 2.11. The van der Waals surface area contributed by atoms with E-state index in [1.807, 2.05) is 6.92 Å². The molecule has 1 rings (SSSR count). The smallest absolute Gasteiger partial charge is 0.302 e. The van der Waals surface area contributed by atoms with E-state index in [1.165, 1.54) is 6.92 Å². The minimum Gasteiger partial charge on any atom is -0.463 e. The molecule has 0 aromatic rings. The molecule has 1 aliphatic carbocycles. The highest BCUT2D eigenvalue weighted by Crippen LogP contribution is 2.34. The lowest BCUT2D eigenvalue weighted by Crippen LogP contribution is -2.13. The summed E-state index contributed by atoms with van der Waals surface area (Å²) in [6.45, 7) is 3.26. The van der Waals surface area contributed by atoms with Crippen LogP contribution >= 0.6 is 0 Å². The summed E-state index contributed by atoms with van der Waals surface area (Å²) in [7, 11) is 0. The van der Waals surface area contributed by atoms with E-state index in [9.17, 15) is 4.79 Å². The van der Waals surface area contributed by atoms with E-state index in [4.69, 9.17) is 9.84 Å². The number of esters is 1. The predicted octanol–water partition coefficient (Wildman–Crippen LogP) is 0.709. The van der Waals surface area contributed by atoms with Gasteiger partial charge in [0.1, 0.15) is 0 Å². The summed E-state index contributed by atoms with van der Waals surface area (Å²) in [5.41, 5.74) is 0. The SMILES string of the molecule is CC(=O)OC(C)CC1CC1O. The Kier molecular flexibility index (Phi) is 2.49. The Morgan fingerprint density at radius 1 is 1.82 bits per heavy atom. The van der Waals surface area contributed by atoms with E-state index in [2.05, 4.69) is 0 Å². The summed E-state index contributed by atoms with van der Waals surface area (Å²) in [5.74, 6) is 0.122. The molecule has 0 aromatic heterocycles. The summed E-state index contributed by atoms with van der Waals surface area (Å²) in [6, 6.07) is 0.